The van der Waals surface area contributed by atoms with Gasteiger partial charge in [0.2, 0.25) is 0 Å². The SMILES string of the molecule is CC=C(CC)CCCCCCC. The second-order valence-corrected chi connectivity index (χ2v) is 3.46. The second kappa shape index (κ2) is 8.83. The van der Waals surface area contributed by atoms with Crippen molar-refractivity contribution in [2.45, 2.75) is 65.7 Å². The van der Waals surface area contributed by atoms with E-state index < -0.39 is 0 Å². The van der Waals surface area contributed by atoms with Gasteiger partial charge in [-0.1, -0.05) is 51.2 Å². The highest BCUT2D eigenvalue weighted by molar-refractivity contribution is 4.98. The van der Waals surface area contributed by atoms with Crippen molar-refractivity contribution in [3.05, 3.63) is 11.6 Å². The summed E-state index contributed by atoms with van der Waals surface area (Å²) >= 11 is 0. The molecule has 0 spiro atoms. The van der Waals surface area contributed by atoms with Crippen LogP contribution in [0, 0.1) is 0 Å². The molecule has 0 saturated carbocycles. The molecular weight excluding hydrogens is 144 g/mol. The normalized spacial score (nSPS) is 12.1. The molecule has 0 amide bonds. The molecule has 0 aliphatic rings. The lowest BCUT2D eigenvalue weighted by atomic mass is 10.0. The van der Waals surface area contributed by atoms with E-state index >= 15 is 0 Å². The number of hydrogen-bond acceptors (Lipinski definition) is 0. The first kappa shape index (κ1) is 11.7. The molecule has 0 aliphatic carbocycles. The van der Waals surface area contributed by atoms with Crippen LogP contribution in [0.4, 0.5) is 0 Å². The van der Waals surface area contributed by atoms with Crippen LogP contribution in [0.2, 0.25) is 0 Å². The second-order valence-electron chi connectivity index (χ2n) is 3.46. The minimum Gasteiger partial charge on any atom is -0.0885 e. The van der Waals surface area contributed by atoms with Crippen LogP contribution in [0.1, 0.15) is 65.7 Å². The van der Waals surface area contributed by atoms with Crippen molar-refractivity contribution in [2.75, 3.05) is 0 Å². The Morgan fingerprint density at radius 2 is 1.67 bits per heavy atom. The Morgan fingerprint density at radius 3 is 2.17 bits per heavy atom. The van der Waals surface area contributed by atoms with Crippen molar-refractivity contribution < 1.29 is 0 Å². The van der Waals surface area contributed by atoms with E-state index in [0.717, 1.165) is 0 Å². The highest BCUT2D eigenvalue weighted by Gasteiger charge is 1.93. The molecule has 0 rings (SSSR count). The maximum absolute atomic E-state index is 2.28. The van der Waals surface area contributed by atoms with Crippen LogP contribution in [0.15, 0.2) is 11.6 Å². The number of unbranched alkanes of at least 4 members (excludes halogenated alkanes) is 4. The summed E-state index contributed by atoms with van der Waals surface area (Å²) in [4.78, 5) is 0. The summed E-state index contributed by atoms with van der Waals surface area (Å²) in [6, 6.07) is 0. The Bertz CT molecular complexity index is 111. The molecule has 0 aliphatic heterocycles. The predicted octanol–water partition coefficient (Wildman–Crippen LogP) is 4.70. The Hall–Kier alpha value is -0.260. The zero-order chi connectivity index (χ0) is 9.23. The van der Waals surface area contributed by atoms with Gasteiger partial charge < -0.3 is 0 Å². The fourth-order valence-corrected chi connectivity index (χ4v) is 1.48. The summed E-state index contributed by atoms with van der Waals surface area (Å²) < 4.78 is 0. The highest BCUT2D eigenvalue weighted by Crippen LogP contribution is 2.13. The average Bonchev–Trinajstić information content (AvgIpc) is 2.11. The topological polar surface area (TPSA) is 0 Å². The molecular formula is C12H24. The molecule has 0 aromatic rings. The van der Waals surface area contributed by atoms with E-state index in [9.17, 15) is 0 Å². The van der Waals surface area contributed by atoms with Crippen LogP contribution < -0.4 is 0 Å². The Balaban J connectivity index is 3.18. The highest BCUT2D eigenvalue weighted by atomic mass is 14.0. The standard InChI is InChI=1S/C12H24/c1-4-7-8-9-10-11-12(5-2)6-3/h5H,4,6-11H2,1-3H3. The Morgan fingerprint density at radius 1 is 1.00 bits per heavy atom. The Kier molecular flexibility index (Phi) is 8.64. The lowest BCUT2D eigenvalue weighted by Crippen LogP contribution is -1.82. The van der Waals surface area contributed by atoms with Crippen LogP contribution >= 0.6 is 0 Å². The maximum atomic E-state index is 2.28. The number of hydrogen-bond donors (Lipinski definition) is 0. The summed E-state index contributed by atoms with van der Waals surface area (Å²) in [5.74, 6) is 0. The van der Waals surface area contributed by atoms with Crippen LogP contribution in [0.25, 0.3) is 0 Å². The van der Waals surface area contributed by atoms with E-state index in [1.54, 1.807) is 5.57 Å². The van der Waals surface area contributed by atoms with Gasteiger partial charge in [-0.15, -0.1) is 0 Å². The molecule has 0 bridgehead atoms. The van der Waals surface area contributed by atoms with Gasteiger partial charge in [0.05, 0.1) is 0 Å². The minimum atomic E-state index is 1.24. The van der Waals surface area contributed by atoms with Gasteiger partial charge >= 0.3 is 0 Å². The molecule has 0 N–H and O–H groups in total. The van der Waals surface area contributed by atoms with E-state index in [-0.39, 0.29) is 0 Å². The zero-order valence-corrected chi connectivity index (χ0v) is 9.03. The van der Waals surface area contributed by atoms with Crippen molar-refractivity contribution in [2.24, 2.45) is 0 Å². The van der Waals surface area contributed by atoms with E-state index in [0.29, 0.717) is 0 Å². The van der Waals surface area contributed by atoms with Gasteiger partial charge in [-0.2, -0.15) is 0 Å². The van der Waals surface area contributed by atoms with Gasteiger partial charge in [0, 0.05) is 0 Å². The largest absolute Gasteiger partial charge is 0.0885 e. The molecule has 0 heterocycles. The van der Waals surface area contributed by atoms with E-state index in [1.165, 1.54) is 44.9 Å². The summed E-state index contributed by atoms with van der Waals surface area (Å²) in [6.45, 7) is 6.68. The van der Waals surface area contributed by atoms with Gasteiger partial charge in [0.1, 0.15) is 0 Å². The third-order valence-corrected chi connectivity index (χ3v) is 2.46. The van der Waals surface area contributed by atoms with Crippen LogP contribution in [-0.2, 0) is 0 Å². The summed E-state index contributed by atoms with van der Waals surface area (Å²) in [5.41, 5.74) is 1.63. The van der Waals surface area contributed by atoms with E-state index in [4.69, 9.17) is 0 Å². The van der Waals surface area contributed by atoms with E-state index in [2.05, 4.69) is 26.8 Å². The lowest BCUT2D eigenvalue weighted by Gasteiger charge is -2.02. The zero-order valence-electron chi connectivity index (χ0n) is 9.03. The van der Waals surface area contributed by atoms with Crippen LogP contribution in [0.3, 0.4) is 0 Å². The van der Waals surface area contributed by atoms with Crippen molar-refractivity contribution >= 4 is 0 Å². The van der Waals surface area contributed by atoms with Crippen molar-refractivity contribution in [3.63, 3.8) is 0 Å². The van der Waals surface area contributed by atoms with Gasteiger partial charge in [0.15, 0.2) is 0 Å². The third kappa shape index (κ3) is 6.45. The molecule has 0 unspecified atom stereocenters. The first-order valence-electron chi connectivity index (χ1n) is 5.49. The van der Waals surface area contributed by atoms with Crippen LogP contribution in [0.5, 0.6) is 0 Å². The monoisotopic (exact) mass is 168 g/mol. The van der Waals surface area contributed by atoms with Gasteiger partial charge in [-0.05, 0) is 26.2 Å². The lowest BCUT2D eigenvalue weighted by molar-refractivity contribution is 0.626. The molecule has 0 heteroatoms. The predicted molar refractivity (Wildman–Crippen MR) is 57.4 cm³/mol. The van der Waals surface area contributed by atoms with Gasteiger partial charge in [0.25, 0.3) is 0 Å². The summed E-state index contributed by atoms with van der Waals surface area (Å²) in [7, 11) is 0. The van der Waals surface area contributed by atoms with Crippen molar-refractivity contribution in [1.82, 2.24) is 0 Å². The molecule has 0 radical (unpaired) electrons. The molecule has 72 valence electrons. The van der Waals surface area contributed by atoms with Crippen LogP contribution in [-0.4, -0.2) is 0 Å². The fourth-order valence-electron chi connectivity index (χ4n) is 1.48. The van der Waals surface area contributed by atoms with Gasteiger partial charge in [-0.25, -0.2) is 0 Å². The molecule has 0 aromatic carbocycles. The first-order valence-corrected chi connectivity index (χ1v) is 5.49. The first-order chi connectivity index (χ1) is 5.85. The molecule has 0 fully saturated rings. The van der Waals surface area contributed by atoms with Crippen molar-refractivity contribution in [1.29, 1.82) is 0 Å². The van der Waals surface area contributed by atoms with E-state index in [1.807, 2.05) is 0 Å². The minimum absolute atomic E-state index is 1.24. The third-order valence-electron chi connectivity index (χ3n) is 2.46. The molecule has 0 atom stereocenters. The Labute approximate surface area is 78.1 Å². The number of allylic oxidation sites excluding steroid dienone is 2. The van der Waals surface area contributed by atoms with Gasteiger partial charge in [-0.3, -0.25) is 0 Å². The summed E-state index contributed by atoms with van der Waals surface area (Å²) in [6.07, 6.45) is 11.9. The quantitative estimate of drug-likeness (QED) is 0.382. The molecule has 0 saturated heterocycles. The number of rotatable bonds is 7. The smallest absolute Gasteiger partial charge is 0.0321 e. The molecule has 0 aromatic heterocycles. The summed E-state index contributed by atoms with van der Waals surface area (Å²) in [5, 5.41) is 0. The fraction of sp³-hybridized carbons (Fsp3) is 0.833. The van der Waals surface area contributed by atoms with Crippen molar-refractivity contribution in [3.8, 4) is 0 Å². The molecule has 12 heavy (non-hydrogen) atoms. The maximum Gasteiger partial charge on any atom is -0.0321 e. The average molecular weight is 168 g/mol. The molecule has 0 nitrogen and oxygen atoms in total.